The number of para-hydroxylation sites is 1. The number of fused-ring (bicyclic) bond motifs is 4. The first kappa shape index (κ1) is 20.9. The number of halogens is 4. The first-order valence-corrected chi connectivity index (χ1v) is 10.5. The van der Waals surface area contributed by atoms with E-state index in [-0.39, 0.29) is 10.6 Å². The first-order chi connectivity index (χ1) is 15.2. The maximum Gasteiger partial charge on any atom is 0.416 e. The van der Waals surface area contributed by atoms with Gasteiger partial charge in [-0.25, -0.2) is 0 Å². The lowest BCUT2D eigenvalue weighted by Gasteiger charge is -2.44. The van der Waals surface area contributed by atoms with E-state index in [1.165, 1.54) is 6.07 Å². The number of piperidine rings is 1. The van der Waals surface area contributed by atoms with Gasteiger partial charge >= 0.3 is 6.18 Å². The Morgan fingerprint density at radius 1 is 1.16 bits per heavy atom. The predicted octanol–water partition coefficient (Wildman–Crippen LogP) is 5.28. The number of carbonyl (C=O) groups excluding carboxylic acids is 1. The molecule has 0 atom stereocenters. The molecule has 0 unspecified atom stereocenters. The lowest BCUT2D eigenvalue weighted by molar-refractivity contribution is -0.137. The van der Waals surface area contributed by atoms with Crippen molar-refractivity contribution < 1.29 is 22.7 Å². The van der Waals surface area contributed by atoms with Crippen molar-refractivity contribution in [3.63, 3.8) is 0 Å². The molecule has 0 saturated carbocycles. The van der Waals surface area contributed by atoms with Gasteiger partial charge in [0.25, 0.3) is 5.91 Å². The summed E-state index contributed by atoms with van der Waals surface area (Å²) in [5, 5.41) is 4.30. The number of hydrogen-bond acceptors (Lipinski definition) is 3. The zero-order valence-electron chi connectivity index (χ0n) is 17.1. The molecule has 3 aromatic rings. The second-order valence-corrected chi connectivity index (χ2v) is 8.58. The molecule has 1 spiro atoms. The van der Waals surface area contributed by atoms with Gasteiger partial charge in [0.15, 0.2) is 0 Å². The van der Waals surface area contributed by atoms with E-state index in [1.807, 2.05) is 36.0 Å². The number of benzene rings is 2. The molecule has 2 aromatic carbocycles. The Balaban J connectivity index is 1.41. The van der Waals surface area contributed by atoms with Gasteiger partial charge in [-0.05, 0) is 30.3 Å². The van der Waals surface area contributed by atoms with Gasteiger partial charge in [-0.1, -0.05) is 23.7 Å². The Labute approximate surface area is 187 Å². The van der Waals surface area contributed by atoms with Gasteiger partial charge in [-0.15, -0.1) is 0 Å². The number of aromatic nitrogens is 2. The van der Waals surface area contributed by atoms with E-state index in [0.717, 1.165) is 34.7 Å². The number of ether oxygens (including phenoxy) is 1. The molecule has 1 saturated heterocycles. The highest BCUT2D eigenvalue weighted by molar-refractivity contribution is 6.31. The fraction of sp³-hybridized carbons (Fsp3) is 0.304. The molecule has 0 radical (unpaired) electrons. The van der Waals surface area contributed by atoms with Crippen LogP contribution in [0.15, 0.2) is 48.7 Å². The van der Waals surface area contributed by atoms with Gasteiger partial charge in [0.2, 0.25) is 0 Å². The van der Waals surface area contributed by atoms with Crippen LogP contribution in [0.5, 0.6) is 5.75 Å². The number of hydrogen-bond donors (Lipinski definition) is 0. The molecule has 1 amide bonds. The van der Waals surface area contributed by atoms with Crippen molar-refractivity contribution in [2.24, 2.45) is 7.05 Å². The summed E-state index contributed by atoms with van der Waals surface area (Å²) < 4.78 is 47.7. The molecule has 0 bridgehead atoms. The third-order valence-electron chi connectivity index (χ3n) is 6.21. The summed E-state index contributed by atoms with van der Waals surface area (Å²) >= 11 is 5.86. The van der Waals surface area contributed by atoms with Crippen LogP contribution in [0.25, 0.3) is 11.3 Å². The molecular weight excluding hydrogens is 443 g/mol. The largest absolute Gasteiger partial charge is 0.482 e. The molecule has 32 heavy (non-hydrogen) atoms. The maximum atomic E-state index is 13.1. The van der Waals surface area contributed by atoms with Crippen LogP contribution in [0.3, 0.4) is 0 Å². The summed E-state index contributed by atoms with van der Waals surface area (Å²) in [6.07, 6.45) is -1.78. The van der Waals surface area contributed by atoms with Crippen LogP contribution < -0.4 is 4.74 Å². The summed E-state index contributed by atoms with van der Waals surface area (Å²) in [6, 6.07) is 10.7. The van der Waals surface area contributed by atoms with E-state index in [9.17, 15) is 18.0 Å². The Kier molecular flexibility index (Phi) is 4.74. The Hall–Kier alpha value is -3.00. The van der Waals surface area contributed by atoms with Gasteiger partial charge in [-0.2, -0.15) is 18.3 Å². The van der Waals surface area contributed by atoms with Crippen LogP contribution in [0.2, 0.25) is 5.02 Å². The summed E-state index contributed by atoms with van der Waals surface area (Å²) in [7, 11) is 1.88. The van der Waals surface area contributed by atoms with Gasteiger partial charge < -0.3 is 9.64 Å². The molecule has 1 fully saturated rings. The zero-order valence-corrected chi connectivity index (χ0v) is 17.9. The highest BCUT2D eigenvalue weighted by atomic mass is 35.5. The monoisotopic (exact) mass is 461 g/mol. The van der Waals surface area contributed by atoms with Crippen LogP contribution in [0, 0.1) is 0 Å². The van der Waals surface area contributed by atoms with Crippen molar-refractivity contribution in [3.8, 4) is 17.0 Å². The summed E-state index contributed by atoms with van der Waals surface area (Å²) in [4.78, 5) is 14.5. The molecule has 2 aliphatic heterocycles. The van der Waals surface area contributed by atoms with Crippen LogP contribution in [0.1, 0.15) is 34.3 Å². The zero-order chi connectivity index (χ0) is 22.7. The molecule has 1 aromatic heterocycles. The van der Waals surface area contributed by atoms with E-state index in [4.69, 9.17) is 16.3 Å². The summed E-state index contributed by atoms with van der Waals surface area (Å²) in [6.45, 7) is 0.673. The lowest BCUT2D eigenvalue weighted by Crippen LogP contribution is -2.49. The van der Waals surface area contributed by atoms with Gasteiger partial charge in [0.05, 0.1) is 17.5 Å². The molecule has 0 N–H and O–H groups in total. The number of carbonyl (C=O) groups is 1. The van der Waals surface area contributed by atoms with Gasteiger partial charge in [-0.3, -0.25) is 9.48 Å². The Morgan fingerprint density at radius 3 is 2.59 bits per heavy atom. The topological polar surface area (TPSA) is 47.4 Å². The number of alkyl halides is 3. The van der Waals surface area contributed by atoms with Crippen LogP contribution >= 0.6 is 11.6 Å². The van der Waals surface area contributed by atoms with Crippen molar-refractivity contribution in [1.82, 2.24) is 14.7 Å². The fourth-order valence-electron chi connectivity index (χ4n) is 4.61. The molecule has 3 heterocycles. The second-order valence-electron chi connectivity index (χ2n) is 8.14. The highest BCUT2D eigenvalue weighted by Gasteiger charge is 2.46. The number of likely N-dealkylation sites (tertiary alicyclic amines) is 1. The van der Waals surface area contributed by atoms with E-state index in [0.29, 0.717) is 25.9 Å². The van der Waals surface area contributed by atoms with Crippen molar-refractivity contribution in [3.05, 3.63) is 70.4 Å². The number of nitrogens with zero attached hydrogens (tertiary/aromatic N) is 3. The fourth-order valence-corrected chi connectivity index (χ4v) is 4.84. The SMILES string of the molecule is Cn1ncc2c1-c1ccccc1OC21CCN(C(=O)c2cc(Cl)cc(C(F)(F)F)c2)CC1. The third-order valence-corrected chi connectivity index (χ3v) is 6.43. The lowest BCUT2D eigenvalue weighted by atomic mass is 9.81. The molecule has 2 aliphatic rings. The molecule has 166 valence electrons. The van der Waals surface area contributed by atoms with Crippen LogP contribution in [-0.4, -0.2) is 33.7 Å². The van der Waals surface area contributed by atoms with Crippen molar-refractivity contribution in [1.29, 1.82) is 0 Å². The Bertz CT molecular complexity index is 1210. The Morgan fingerprint density at radius 2 is 1.88 bits per heavy atom. The van der Waals surface area contributed by atoms with Crippen LogP contribution in [-0.2, 0) is 18.8 Å². The average molecular weight is 462 g/mol. The molecular formula is C23H19ClF3N3O2. The average Bonchev–Trinajstić information content (AvgIpc) is 3.16. The van der Waals surface area contributed by atoms with E-state index >= 15 is 0 Å². The minimum atomic E-state index is -4.58. The van der Waals surface area contributed by atoms with Crippen LogP contribution in [0.4, 0.5) is 13.2 Å². The molecule has 9 heteroatoms. The summed E-state index contributed by atoms with van der Waals surface area (Å²) in [5.74, 6) is 0.281. The second kappa shape index (κ2) is 7.27. The number of rotatable bonds is 1. The minimum absolute atomic E-state index is 0.0715. The van der Waals surface area contributed by atoms with Crippen molar-refractivity contribution >= 4 is 17.5 Å². The smallest absolute Gasteiger partial charge is 0.416 e. The van der Waals surface area contributed by atoms with Gasteiger partial charge in [0, 0.05) is 54.7 Å². The quantitative estimate of drug-likeness (QED) is 0.495. The summed E-state index contributed by atoms with van der Waals surface area (Å²) in [5.41, 5.74) is 1.27. The van der Waals surface area contributed by atoms with Crippen molar-refractivity contribution in [2.75, 3.05) is 13.1 Å². The van der Waals surface area contributed by atoms with Gasteiger partial charge in [0.1, 0.15) is 11.4 Å². The molecule has 5 nitrogen and oxygen atoms in total. The predicted molar refractivity (Wildman–Crippen MR) is 113 cm³/mol. The standard InChI is InChI=1S/C23H19ClF3N3O2/c1-29-20-17-4-2-3-5-19(17)32-22(18(20)13-28-29)6-8-30(9-7-22)21(31)14-10-15(23(25,26)27)12-16(24)11-14/h2-5,10-13H,6-9H2,1H3. The highest BCUT2D eigenvalue weighted by Crippen LogP contribution is 2.49. The minimum Gasteiger partial charge on any atom is -0.482 e. The molecule has 5 rings (SSSR count). The number of amides is 1. The van der Waals surface area contributed by atoms with Crippen molar-refractivity contribution in [2.45, 2.75) is 24.6 Å². The van der Waals surface area contributed by atoms with E-state index < -0.39 is 23.2 Å². The normalized spacial score (nSPS) is 17.0. The van der Waals surface area contributed by atoms with E-state index in [2.05, 4.69) is 5.10 Å². The first-order valence-electron chi connectivity index (χ1n) is 10.2. The van der Waals surface area contributed by atoms with E-state index in [1.54, 1.807) is 11.1 Å². The molecule has 0 aliphatic carbocycles. The maximum absolute atomic E-state index is 13.1. The third kappa shape index (κ3) is 3.33. The number of aryl methyl sites for hydroxylation is 1.